The van der Waals surface area contributed by atoms with E-state index in [0.717, 1.165) is 42.9 Å². The molecular formula is C21H29N3O3S. The second kappa shape index (κ2) is 9.47. The number of methoxy groups -OCH3 is 1. The molecule has 1 aliphatic heterocycles. The van der Waals surface area contributed by atoms with E-state index in [1.54, 1.807) is 11.3 Å². The van der Waals surface area contributed by atoms with Gasteiger partial charge < -0.3 is 10.1 Å². The molecule has 1 aromatic carbocycles. The Bertz CT molecular complexity index is 789. The molecule has 0 unspecified atom stereocenters. The number of piperidine rings is 1. The largest absolute Gasteiger partial charge is 0.467 e. The molecule has 0 radical (unpaired) electrons. The highest BCUT2D eigenvalue weighted by atomic mass is 32.1. The number of nitrogens with zero attached hydrogens (tertiary/aromatic N) is 2. The molecule has 2 aromatic rings. The number of aromatic nitrogens is 1. The first-order chi connectivity index (χ1) is 13.5. The van der Waals surface area contributed by atoms with Gasteiger partial charge in [-0.3, -0.25) is 9.69 Å². The highest BCUT2D eigenvalue weighted by molar-refractivity contribution is 7.18. The molecule has 0 aliphatic carbocycles. The lowest BCUT2D eigenvalue weighted by molar-refractivity contribution is -0.146. The summed E-state index contributed by atoms with van der Waals surface area (Å²) in [5, 5.41) is 4.02. The fourth-order valence-electron chi connectivity index (χ4n) is 3.68. The number of esters is 1. The zero-order chi connectivity index (χ0) is 20.1. The van der Waals surface area contributed by atoms with Crippen LogP contribution in [0.15, 0.2) is 24.3 Å². The third-order valence-electron chi connectivity index (χ3n) is 5.52. The van der Waals surface area contributed by atoms with Gasteiger partial charge >= 0.3 is 5.97 Å². The summed E-state index contributed by atoms with van der Waals surface area (Å²) in [6, 6.07) is 7.61. The SMILES string of the molecule is CC[C@@H](C)[C@@H](NC(=O)CN1CCC[C@H](c2nc3ccccc3s2)C1)C(=O)OC. The number of nitrogens with one attached hydrogen (secondary N) is 1. The predicted octanol–water partition coefficient (Wildman–Crippen LogP) is 3.18. The van der Waals surface area contributed by atoms with E-state index in [1.807, 2.05) is 32.0 Å². The number of benzene rings is 1. The van der Waals surface area contributed by atoms with Gasteiger partial charge in [-0.1, -0.05) is 32.4 Å². The van der Waals surface area contributed by atoms with E-state index in [2.05, 4.69) is 16.3 Å². The van der Waals surface area contributed by atoms with Crippen molar-refractivity contribution in [2.75, 3.05) is 26.7 Å². The normalized spacial score (nSPS) is 19.9. The molecule has 0 spiro atoms. The molecule has 7 heteroatoms. The Balaban J connectivity index is 1.60. The maximum atomic E-state index is 12.6. The van der Waals surface area contributed by atoms with Crippen LogP contribution in [0.5, 0.6) is 0 Å². The highest BCUT2D eigenvalue weighted by Gasteiger charge is 2.29. The number of ether oxygens (including phenoxy) is 1. The monoisotopic (exact) mass is 403 g/mol. The van der Waals surface area contributed by atoms with Crippen molar-refractivity contribution in [1.82, 2.24) is 15.2 Å². The molecule has 1 N–H and O–H groups in total. The van der Waals surface area contributed by atoms with Crippen LogP contribution in [0.3, 0.4) is 0 Å². The third kappa shape index (κ3) is 4.89. The van der Waals surface area contributed by atoms with Crippen molar-refractivity contribution in [3.05, 3.63) is 29.3 Å². The maximum Gasteiger partial charge on any atom is 0.328 e. The Labute approximate surface area is 170 Å². The number of fused-ring (bicyclic) bond motifs is 1. The zero-order valence-electron chi connectivity index (χ0n) is 16.8. The van der Waals surface area contributed by atoms with E-state index >= 15 is 0 Å². The number of para-hydroxylation sites is 1. The summed E-state index contributed by atoms with van der Waals surface area (Å²) in [6.45, 7) is 5.96. The van der Waals surface area contributed by atoms with Crippen molar-refractivity contribution in [2.24, 2.45) is 5.92 Å². The number of hydrogen-bond donors (Lipinski definition) is 1. The molecule has 1 fully saturated rings. The van der Waals surface area contributed by atoms with Gasteiger partial charge in [0.15, 0.2) is 0 Å². The van der Waals surface area contributed by atoms with E-state index in [9.17, 15) is 9.59 Å². The van der Waals surface area contributed by atoms with Gasteiger partial charge in [0.1, 0.15) is 6.04 Å². The van der Waals surface area contributed by atoms with Crippen LogP contribution in [0, 0.1) is 5.92 Å². The molecule has 1 aliphatic rings. The van der Waals surface area contributed by atoms with Gasteiger partial charge in [-0.15, -0.1) is 11.3 Å². The Morgan fingerprint density at radius 2 is 2.18 bits per heavy atom. The van der Waals surface area contributed by atoms with Gasteiger partial charge in [-0.05, 0) is 37.4 Å². The molecular weight excluding hydrogens is 374 g/mol. The summed E-state index contributed by atoms with van der Waals surface area (Å²) < 4.78 is 6.07. The van der Waals surface area contributed by atoms with Crippen LogP contribution in [0.25, 0.3) is 10.2 Å². The van der Waals surface area contributed by atoms with Gasteiger partial charge in [-0.25, -0.2) is 9.78 Å². The number of hydrogen-bond acceptors (Lipinski definition) is 6. The Hall–Kier alpha value is -1.99. The average Bonchev–Trinajstić information content (AvgIpc) is 3.15. The van der Waals surface area contributed by atoms with Gasteiger partial charge in [0.2, 0.25) is 5.91 Å². The van der Waals surface area contributed by atoms with E-state index in [1.165, 1.54) is 11.8 Å². The molecule has 2 heterocycles. The highest BCUT2D eigenvalue weighted by Crippen LogP contribution is 2.32. The van der Waals surface area contributed by atoms with Crippen LogP contribution >= 0.6 is 11.3 Å². The molecule has 152 valence electrons. The smallest absolute Gasteiger partial charge is 0.328 e. The Morgan fingerprint density at radius 1 is 1.39 bits per heavy atom. The fraction of sp³-hybridized carbons (Fsp3) is 0.571. The summed E-state index contributed by atoms with van der Waals surface area (Å²) in [5.74, 6) is -0.118. The minimum absolute atomic E-state index is 0.0354. The van der Waals surface area contributed by atoms with E-state index in [0.29, 0.717) is 12.5 Å². The number of carbonyl (C=O) groups excluding carboxylic acids is 2. The number of thiazole rings is 1. The first-order valence-electron chi connectivity index (χ1n) is 9.96. The summed E-state index contributed by atoms with van der Waals surface area (Å²) in [5.41, 5.74) is 1.05. The summed E-state index contributed by atoms with van der Waals surface area (Å²) in [6.07, 6.45) is 2.93. The van der Waals surface area contributed by atoms with Crippen molar-refractivity contribution in [2.45, 2.75) is 45.1 Å². The van der Waals surface area contributed by atoms with Gasteiger partial charge in [0, 0.05) is 12.5 Å². The van der Waals surface area contributed by atoms with Gasteiger partial charge in [0.25, 0.3) is 0 Å². The third-order valence-corrected chi connectivity index (χ3v) is 6.72. The first-order valence-corrected chi connectivity index (χ1v) is 10.8. The minimum atomic E-state index is -0.590. The molecule has 3 atom stereocenters. The van der Waals surface area contributed by atoms with Crippen LogP contribution < -0.4 is 5.32 Å². The van der Waals surface area contributed by atoms with E-state index in [-0.39, 0.29) is 17.8 Å². The number of rotatable bonds is 7. The van der Waals surface area contributed by atoms with Crippen molar-refractivity contribution >= 4 is 33.4 Å². The average molecular weight is 404 g/mol. The summed E-state index contributed by atoms with van der Waals surface area (Å²) >= 11 is 1.75. The Kier molecular flexibility index (Phi) is 7.02. The van der Waals surface area contributed by atoms with Crippen molar-refractivity contribution < 1.29 is 14.3 Å². The molecule has 1 amide bonds. The Morgan fingerprint density at radius 3 is 2.89 bits per heavy atom. The van der Waals surface area contributed by atoms with Crippen LogP contribution in [0.4, 0.5) is 0 Å². The lowest BCUT2D eigenvalue weighted by Gasteiger charge is -2.32. The molecule has 0 bridgehead atoms. The lowest BCUT2D eigenvalue weighted by atomic mass is 9.98. The standard InChI is InChI=1S/C21H29N3O3S/c1-4-14(2)19(21(26)27-3)23-18(25)13-24-11-7-8-15(12-24)20-22-16-9-5-6-10-17(16)28-20/h5-6,9-10,14-15,19H,4,7-8,11-13H2,1-3H3,(H,23,25)/t14-,15+,19-/m1/s1. The first kappa shape index (κ1) is 20.7. The van der Waals surface area contributed by atoms with Crippen LogP contribution in [-0.4, -0.2) is 54.5 Å². The number of carbonyl (C=O) groups is 2. The van der Waals surface area contributed by atoms with E-state index < -0.39 is 6.04 Å². The molecule has 6 nitrogen and oxygen atoms in total. The van der Waals surface area contributed by atoms with Crippen molar-refractivity contribution in [3.8, 4) is 0 Å². The number of amides is 1. The molecule has 1 saturated heterocycles. The number of likely N-dealkylation sites (tertiary alicyclic amines) is 1. The molecule has 0 saturated carbocycles. The van der Waals surface area contributed by atoms with E-state index in [4.69, 9.17) is 9.72 Å². The van der Waals surface area contributed by atoms with Crippen LogP contribution in [0.1, 0.15) is 44.0 Å². The lowest BCUT2D eigenvalue weighted by Crippen LogP contribution is -2.50. The second-order valence-electron chi connectivity index (χ2n) is 7.55. The van der Waals surface area contributed by atoms with Crippen LogP contribution in [0.2, 0.25) is 0 Å². The topological polar surface area (TPSA) is 71.5 Å². The summed E-state index contributed by atoms with van der Waals surface area (Å²) in [4.78, 5) is 31.5. The van der Waals surface area contributed by atoms with Crippen LogP contribution in [-0.2, 0) is 14.3 Å². The minimum Gasteiger partial charge on any atom is -0.467 e. The van der Waals surface area contributed by atoms with Gasteiger partial charge in [-0.2, -0.15) is 0 Å². The second-order valence-corrected chi connectivity index (χ2v) is 8.61. The molecule has 1 aromatic heterocycles. The van der Waals surface area contributed by atoms with Crippen molar-refractivity contribution in [3.63, 3.8) is 0 Å². The maximum absolute atomic E-state index is 12.6. The van der Waals surface area contributed by atoms with Crippen molar-refractivity contribution in [1.29, 1.82) is 0 Å². The zero-order valence-corrected chi connectivity index (χ0v) is 17.6. The molecule has 28 heavy (non-hydrogen) atoms. The fourth-order valence-corrected chi connectivity index (χ4v) is 4.78. The quantitative estimate of drug-likeness (QED) is 0.719. The summed E-state index contributed by atoms with van der Waals surface area (Å²) in [7, 11) is 1.36. The molecule has 3 rings (SSSR count). The van der Waals surface area contributed by atoms with Gasteiger partial charge in [0.05, 0.1) is 28.9 Å². The predicted molar refractivity (Wildman–Crippen MR) is 111 cm³/mol.